The average molecular weight is 399 g/mol. The number of aromatic nitrogens is 2. The van der Waals surface area contributed by atoms with Gasteiger partial charge < -0.3 is 9.80 Å². The first-order valence-electron chi connectivity index (χ1n) is 9.65. The van der Waals surface area contributed by atoms with E-state index in [0.29, 0.717) is 32.6 Å². The predicted octanol–water partition coefficient (Wildman–Crippen LogP) is 2.37. The predicted molar refractivity (Wildman–Crippen MR) is 100 cm³/mol. The van der Waals surface area contributed by atoms with Crippen LogP contribution in [0.5, 0.6) is 0 Å². The van der Waals surface area contributed by atoms with Crippen LogP contribution in [0.2, 0.25) is 0 Å². The number of anilines is 1. The summed E-state index contributed by atoms with van der Waals surface area (Å²) in [6.07, 6.45) is -3.89. The van der Waals surface area contributed by atoms with E-state index in [-0.39, 0.29) is 12.0 Å². The lowest BCUT2D eigenvalue weighted by molar-refractivity contribution is -0.159. The topological polar surface area (TPSA) is 52.6 Å². The van der Waals surface area contributed by atoms with Crippen molar-refractivity contribution in [2.45, 2.75) is 51.7 Å². The third kappa shape index (κ3) is 4.74. The Balaban J connectivity index is 1.63. The molecule has 0 saturated carbocycles. The first-order valence-corrected chi connectivity index (χ1v) is 9.65. The molecule has 28 heavy (non-hydrogen) atoms. The van der Waals surface area contributed by atoms with Gasteiger partial charge in [-0.05, 0) is 13.3 Å². The van der Waals surface area contributed by atoms with Crippen LogP contribution in [0.15, 0.2) is 6.07 Å². The minimum Gasteiger partial charge on any atom is -0.354 e. The van der Waals surface area contributed by atoms with Crippen molar-refractivity contribution < 1.29 is 18.0 Å². The van der Waals surface area contributed by atoms with Crippen molar-refractivity contribution in [1.29, 1.82) is 0 Å². The fraction of sp³-hybridized carbons (Fsp3) is 0.737. The molecule has 2 fully saturated rings. The maximum Gasteiger partial charge on any atom is 0.406 e. The van der Waals surface area contributed by atoms with E-state index in [1.165, 1.54) is 0 Å². The molecule has 156 valence electrons. The Kier molecular flexibility index (Phi) is 5.58. The molecule has 0 spiro atoms. The van der Waals surface area contributed by atoms with Gasteiger partial charge in [0, 0.05) is 44.2 Å². The third-order valence-electron chi connectivity index (χ3n) is 5.31. The molecule has 1 aromatic heterocycles. The zero-order valence-electron chi connectivity index (χ0n) is 16.9. The molecule has 9 heteroatoms. The van der Waals surface area contributed by atoms with Crippen molar-refractivity contribution >= 4 is 11.7 Å². The minimum absolute atomic E-state index is 0.0809. The number of aryl methyl sites for hydroxylation is 1. The van der Waals surface area contributed by atoms with Crippen molar-refractivity contribution in [2.75, 3.05) is 44.2 Å². The summed E-state index contributed by atoms with van der Waals surface area (Å²) < 4.78 is 37.8. The smallest absolute Gasteiger partial charge is 0.354 e. The number of carbonyl (C=O) groups excluding carboxylic acids is 1. The van der Waals surface area contributed by atoms with Crippen LogP contribution < -0.4 is 4.90 Å². The number of likely N-dealkylation sites (tertiary alicyclic amines) is 1. The highest BCUT2D eigenvalue weighted by molar-refractivity contribution is 5.84. The summed E-state index contributed by atoms with van der Waals surface area (Å²) in [6, 6.07) is 1.57. The summed E-state index contributed by atoms with van der Waals surface area (Å²) in [6.45, 7) is 9.84. The second-order valence-electron chi connectivity index (χ2n) is 8.61. The Hall–Kier alpha value is -1.90. The van der Waals surface area contributed by atoms with Gasteiger partial charge in [0.2, 0.25) is 5.91 Å². The molecule has 3 rings (SSSR count). The minimum atomic E-state index is -4.35. The van der Waals surface area contributed by atoms with Crippen LogP contribution in [0, 0.1) is 6.92 Å². The molecule has 6 nitrogen and oxygen atoms in total. The van der Waals surface area contributed by atoms with Gasteiger partial charge in [0.25, 0.3) is 0 Å². The van der Waals surface area contributed by atoms with Crippen molar-refractivity contribution in [1.82, 2.24) is 19.8 Å². The van der Waals surface area contributed by atoms with Crippen LogP contribution in [-0.2, 0) is 10.2 Å². The number of piperazine rings is 1. The number of nitrogens with zero attached hydrogens (tertiary/aromatic N) is 5. The Labute approximate surface area is 163 Å². The van der Waals surface area contributed by atoms with E-state index < -0.39 is 24.7 Å². The maximum atomic E-state index is 12.6. The van der Waals surface area contributed by atoms with Crippen LogP contribution in [0.1, 0.15) is 38.7 Å². The molecule has 2 aliphatic heterocycles. The number of rotatable bonds is 3. The van der Waals surface area contributed by atoms with E-state index in [0.717, 1.165) is 22.2 Å². The number of carbonyl (C=O) groups is 1. The van der Waals surface area contributed by atoms with Gasteiger partial charge in [-0.1, -0.05) is 20.8 Å². The number of hydrogen-bond donors (Lipinski definition) is 0. The Morgan fingerprint density at radius 3 is 2.29 bits per heavy atom. The molecule has 0 bridgehead atoms. The summed E-state index contributed by atoms with van der Waals surface area (Å²) in [5.74, 6) is 1.19. The average Bonchev–Trinajstić information content (AvgIpc) is 2.93. The summed E-state index contributed by atoms with van der Waals surface area (Å²) in [4.78, 5) is 26.6. The van der Waals surface area contributed by atoms with Gasteiger partial charge in [0.05, 0.1) is 11.7 Å². The molecular weight excluding hydrogens is 371 g/mol. The summed E-state index contributed by atoms with van der Waals surface area (Å²) in [5.41, 5.74) is 0.897. The second-order valence-corrected chi connectivity index (χ2v) is 8.61. The highest BCUT2D eigenvalue weighted by Crippen LogP contribution is 2.27. The Morgan fingerprint density at radius 2 is 1.71 bits per heavy atom. The fourth-order valence-corrected chi connectivity index (χ4v) is 3.80. The normalized spacial score (nSPS) is 22.2. The van der Waals surface area contributed by atoms with Crippen LogP contribution in [0.3, 0.4) is 0 Å². The number of amides is 1. The lowest BCUT2D eigenvalue weighted by Gasteiger charge is -2.38. The molecule has 0 N–H and O–H groups in total. The van der Waals surface area contributed by atoms with E-state index in [4.69, 9.17) is 0 Å². The van der Waals surface area contributed by atoms with Gasteiger partial charge in [-0.2, -0.15) is 13.2 Å². The largest absolute Gasteiger partial charge is 0.406 e. The lowest BCUT2D eigenvalue weighted by Crippen LogP contribution is -2.53. The molecule has 1 atom stereocenters. The first kappa shape index (κ1) is 20.8. The van der Waals surface area contributed by atoms with Crippen molar-refractivity contribution in [2.24, 2.45) is 0 Å². The van der Waals surface area contributed by atoms with Crippen molar-refractivity contribution in [3.63, 3.8) is 0 Å². The van der Waals surface area contributed by atoms with Gasteiger partial charge >= 0.3 is 6.18 Å². The zero-order valence-corrected chi connectivity index (χ0v) is 16.9. The first-order chi connectivity index (χ1) is 12.9. The van der Waals surface area contributed by atoms with Crippen LogP contribution in [0.4, 0.5) is 19.0 Å². The molecule has 0 aliphatic carbocycles. The quantitative estimate of drug-likeness (QED) is 0.781. The van der Waals surface area contributed by atoms with E-state index in [2.05, 4.69) is 35.6 Å². The van der Waals surface area contributed by atoms with Crippen molar-refractivity contribution in [3.05, 3.63) is 17.6 Å². The maximum absolute atomic E-state index is 12.6. The lowest BCUT2D eigenvalue weighted by atomic mass is 9.92. The Bertz CT molecular complexity index is 723. The van der Waals surface area contributed by atoms with E-state index >= 15 is 0 Å². The monoisotopic (exact) mass is 399 g/mol. The summed E-state index contributed by atoms with van der Waals surface area (Å²) >= 11 is 0. The van der Waals surface area contributed by atoms with Crippen LogP contribution >= 0.6 is 0 Å². The van der Waals surface area contributed by atoms with E-state index in [1.807, 2.05) is 17.9 Å². The fourth-order valence-electron chi connectivity index (χ4n) is 3.80. The second kappa shape index (κ2) is 7.50. The number of halogens is 3. The molecule has 1 aromatic rings. The summed E-state index contributed by atoms with van der Waals surface area (Å²) in [7, 11) is 0. The zero-order chi connectivity index (χ0) is 20.7. The molecule has 0 aromatic carbocycles. The highest BCUT2D eigenvalue weighted by atomic mass is 19.4. The van der Waals surface area contributed by atoms with Gasteiger partial charge in [0.15, 0.2) is 0 Å². The standard InChI is InChI=1S/C19H28F3N5O/c1-13-23-15(18(2,3)4)11-16(24-13)26-9-7-25(8-10-26)14-5-6-27(17(14)28)12-19(20,21)22/h11,14H,5-10,12H2,1-4H3. The van der Waals surface area contributed by atoms with Gasteiger partial charge in [-0.15, -0.1) is 0 Å². The van der Waals surface area contributed by atoms with E-state index in [1.54, 1.807) is 0 Å². The van der Waals surface area contributed by atoms with Gasteiger partial charge in [-0.3, -0.25) is 9.69 Å². The van der Waals surface area contributed by atoms with Gasteiger partial charge in [-0.25, -0.2) is 9.97 Å². The van der Waals surface area contributed by atoms with Crippen LogP contribution in [0.25, 0.3) is 0 Å². The SMILES string of the molecule is Cc1nc(N2CCN(C3CCN(CC(F)(F)F)C3=O)CC2)cc(C(C)(C)C)n1. The van der Waals surface area contributed by atoms with Crippen LogP contribution in [-0.4, -0.2) is 77.2 Å². The van der Waals surface area contributed by atoms with Crippen molar-refractivity contribution in [3.8, 4) is 0 Å². The molecule has 2 aliphatic rings. The number of hydrogen-bond acceptors (Lipinski definition) is 5. The third-order valence-corrected chi connectivity index (χ3v) is 5.31. The highest BCUT2D eigenvalue weighted by Gasteiger charge is 2.42. The molecule has 1 unspecified atom stereocenters. The molecule has 3 heterocycles. The van der Waals surface area contributed by atoms with Gasteiger partial charge in [0.1, 0.15) is 18.2 Å². The number of alkyl halides is 3. The molecule has 0 radical (unpaired) electrons. The van der Waals surface area contributed by atoms with E-state index in [9.17, 15) is 18.0 Å². The molecular formula is C19H28F3N5O. The molecule has 2 saturated heterocycles. The molecule has 1 amide bonds. The summed E-state index contributed by atoms with van der Waals surface area (Å²) in [5, 5.41) is 0. The Morgan fingerprint density at radius 1 is 1.07 bits per heavy atom.